The molecule has 0 aromatic heterocycles. The van der Waals surface area contributed by atoms with Crippen molar-refractivity contribution in [2.24, 2.45) is 0 Å². The Morgan fingerprint density at radius 3 is 2.10 bits per heavy atom. The fourth-order valence-electron chi connectivity index (χ4n) is 2.52. The lowest BCUT2D eigenvalue weighted by atomic mass is 10.1. The molecule has 2 rings (SSSR count). The topological polar surface area (TPSA) is 49.9 Å². The number of amides is 2. The average Bonchev–Trinajstić information content (AvgIpc) is 2.46. The van der Waals surface area contributed by atoms with Crippen LogP contribution in [0.1, 0.15) is 18.1 Å². The lowest BCUT2D eigenvalue weighted by Gasteiger charge is -2.34. The van der Waals surface area contributed by atoms with Crippen molar-refractivity contribution in [3.63, 3.8) is 0 Å². The summed E-state index contributed by atoms with van der Waals surface area (Å²) in [6, 6.07) is 5.91. The van der Waals surface area contributed by atoms with Gasteiger partial charge in [-0.3, -0.25) is 9.59 Å². The predicted molar refractivity (Wildman–Crippen MR) is 80.2 cm³/mol. The van der Waals surface area contributed by atoms with Crippen LogP contribution in [0.5, 0.6) is 5.75 Å². The highest BCUT2D eigenvalue weighted by atomic mass is 16.5. The number of piperazine rings is 1. The highest BCUT2D eigenvalue weighted by molar-refractivity contribution is 5.78. The Morgan fingerprint density at radius 2 is 1.57 bits per heavy atom. The number of para-hydroxylation sites is 1. The minimum atomic E-state index is -0.0270. The molecule has 1 saturated heterocycles. The number of carbonyl (C=O) groups excluding carboxylic acids is 2. The summed E-state index contributed by atoms with van der Waals surface area (Å²) >= 11 is 0. The molecule has 114 valence electrons. The third-order valence-corrected chi connectivity index (χ3v) is 3.83. The molecule has 1 fully saturated rings. The first kappa shape index (κ1) is 15.4. The Balaban J connectivity index is 1.87. The maximum atomic E-state index is 12.2. The Bertz CT molecular complexity index is 514. The van der Waals surface area contributed by atoms with E-state index in [1.807, 2.05) is 32.0 Å². The van der Waals surface area contributed by atoms with Gasteiger partial charge in [-0.1, -0.05) is 18.2 Å². The number of hydrogen-bond donors (Lipinski definition) is 0. The number of carbonyl (C=O) groups is 2. The second-order valence-electron chi connectivity index (χ2n) is 5.40. The van der Waals surface area contributed by atoms with E-state index in [4.69, 9.17) is 4.74 Å². The van der Waals surface area contributed by atoms with Gasteiger partial charge in [-0.15, -0.1) is 0 Å². The summed E-state index contributed by atoms with van der Waals surface area (Å²) in [7, 11) is 0. The Morgan fingerprint density at radius 1 is 1.05 bits per heavy atom. The molecule has 0 bridgehead atoms. The van der Waals surface area contributed by atoms with Gasteiger partial charge in [-0.05, 0) is 25.0 Å². The van der Waals surface area contributed by atoms with Crippen molar-refractivity contribution in [3.8, 4) is 5.75 Å². The van der Waals surface area contributed by atoms with E-state index in [-0.39, 0.29) is 18.4 Å². The van der Waals surface area contributed by atoms with Crippen molar-refractivity contribution in [3.05, 3.63) is 29.3 Å². The summed E-state index contributed by atoms with van der Waals surface area (Å²) in [5, 5.41) is 0. The van der Waals surface area contributed by atoms with Gasteiger partial charge < -0.3 is 14.5 Å². The summed E-state index contributed by atoms with van der Waals surface area (Å²) in [5.74, 6) is 0.822. The highest BCUT2D eigenvalue weighted by Gasteiger charge is 2.22. The maximum absolute atomic E-state index is 12.2. The first-order chi connectivity index (χ1) is 9.99. The molecule has 0 atom stereocenters. The van der Waals surface area contributed by atoms with Gasteiger partial charge in [0.15, 0.2) is 6.61 Å². The molecule has 21 heavy (non-hydrogen) atoms. The molecule has 5 heteroatoms. The molecule has 2 amide bonds. The number of ether oxygens (including phenoxy) is 1. The van der Waals surface area contributed by atoms with Crippen molar-refractivity contribution in [2.75, 3.05) is 32.8 Å². The normalized spacial score (nSPS) is 15.0. The molecule has 1 aliphatic rings. The predicted octanol–water partition coefficient (Wildman–Crippen LogP) is 1.37. The van der Waals surface area contributed by atoms with Crippen LogP contribution >= 0.6 is 0 Å². The zero-order chi connectivity index (χ0) is 15.4. The van der Waals surface area contributed by atoms with E-state index in [0.29, 0.717) is 26.2 Å². The lowest BCUT2D eigenvalue weighted by Crippen LogP contribution is -2.51. The molecule has 1 aliphatic heterocycles. The number of rotatable bonds is 3. The van der Waals surface area contributed by atoms with Crippen LogP contribution in [-0.4, -0.2) is 54.4 Å². The minimum Gasteiger partial charge on any atom is -0.483 e. The summed E-state index contributed by atoms with van der Waals surface area (Å²) < 4.78 is 5.69. The van der Waals surface area contributed by atoms with Crippen LogP contribution in [0, 0.1) is 13.8 Å². The average molecular weight is 290 g/mol. The Kier molecular flexibility index (Phi) is 4.83. The van der Waals surface area contributed by atoms with Crippen LogP contribution in [0.4, 0.5) is 0 Å². The summed E-state index contributed by atoms with van der Waals surface area (Å²) in [6.07, 6.45) is 0. The molecule has 0 spiro atoms. The van der Waals surface area contributed by atoms with Crippen molar-refractivity contribution in [1.82, 2.24) is 9.80 Å². The lowest BCUT2D eigenvalue weighted by molar-refractivity contribution is -0.139. The Labute approximate surface area is 125 Å². The van der Waals surface area contributed by atoms with Gasteiger partial charge >= 0.3 is 0 Å². The molecular formula is C16H22N2O3. The van der Waals surface area contributed by atoms with Crippen LogP contribution in [0.15, 0.2) is 18.2 Å². The van der Waals surface area contributed by atoms with E-state index in [9.17, 15) is 9.59 Å². The molecule has 5 nitrogen and oxygen atoms in total. The third-order valence-electron chi connectivity index (χ3n) is 3.83. The van der Waals surface area contributed by atoms with Gasteiger partial charge in [-0.2, -0.15) is 0 Å². The molecular weight excluding hydrogens is 268 g/mol. The van der Waals surface area contributed by atoms with Gasteiger partial charge in [0, 0.05) is 33.1 Å². The van der Waals surface area contributed by atoms with Crippen LogP contribution in [0.3, 0.4) is 0 Å². The van der Waals surface area contributed by atoms with E-state index >= 15 is 0 Å². The zero-order valence-corrected chi connectivity index (χ0v) is 12.9. The van der Waals surface area contributed by atoms with Gasteiger partial charge in [0.2, 0.25) is 5.91 Å². The zero-order valence-electron chi connectivity index (χ0n) is 12.9. The standard InChI is InChI=1S/C16H22N2O3/c1-12-5-4-6-13(2)16(12)21-11-15(20)18-9-7-17(8-10-18)14(3)19/h4-6H,7-11H2,1-3H3. The molecule has 0 radical (unpaired) electrons. The molecule has 1 heterocycles. The molecule has 0 N–H and O–H groups in total. The first-order valence-corrected chi connectivity index (χ1v) is 7.21. The van der Waals surface area contributed by atoms with Gasteiger partial charge in [0.1, 0.15) is 5.75 Å². The van der Waals surface area contributed by atoms with E-state index in [2.05, 4.69) is 0 Å². The van der Waals surface area contributed by atoms with Crippen molar-refractivity contribution in [2.45, 2.75) is 20.8 Å². The van der Waals surface area contributed by atoms with Crippen LogP contribution in [0.2, 0.25) is 0 Å². The van der Waals surface area contributed by atoms with Crippen molar-refractivity contribution >= 4 is 11.8 Å². The maximum Gasteiger partial charge on any atom is 0.260 e. The number of nitrogens with zero attached hydrogens (tertiary/aromatic N) is 2. The fourth-order valence-corrected chi connectivity index (χ4v) is 2.52. The molecule has 1 aromatic rings. The second-order valence-corrected chi connectivity index (χ2v) is 5.40. The van der Waals surface area contributed by atoms with E-state index in [0.717, 1.165) is 16.9 Å². The third kappa shape index (κ3) is 3.74. The van der Waals surface area contributed by atoms with Crippen LogP contribution in [0.25, 0.3) is 0 Å². The highest BCUT2D eigenvalue weighted by Crippen LogP contribution is 2.22. The molecule has 0 unspecified atom stereocenters. The smallest absolute Gasteiger partial charge is 0.260 e. The summed E-state index contributed by atoms with van der Waals surface area (Å²) in [5.41, 5.74) is 2.06. The summed E-state index contributed by atoms with van der Waals surface area (Å²) in [6.45, 7) is 7.90. The quantitative estimate of drug-likeness (QED) is 0.845. The Hall–Kier alpha value is -2.04. The minimum absolute atomic E-state index is 0.0270. The van der Waals surface area contributed by atoms with Crippen LogP contribution < -0.4 is 4.74 Å². The first-order valence-electron chi connectivity index (χ1n) is 7.21. The van der Waals surface area contributed by atoms with Gasteiger partial charge in [-0.25, -0.2) is 0 Å². The van der Waals surface area contributed by atoms with Crippen molar-refractivity contribution < 1.29 is 14.3 Å². The van der Waals surface area contributed by atoms with Gasteiger partial charge in [0.25, 0.3) is 5.91 Å². The summed E-state index contributed by atoms with van der Waals surface area (Å²) in [4.78, 5) is 26.9. The SMILES string of the molecule is CC(=O)N1CCN(C(=O)COc2c(C)cccc2C)CC1. The number of hydrogen-bond acceptors (Lipinski definition) is 3. The van der Waals surface area contributed by atoms with Gasteiger partial charge in [0.05, 0.1) is 0 Å². The van der Waals surface area contributed by atoms with E-state index < -0.39 is 0 Å². The van der Waals surface area contributed by atoms with Crippen molar-refractivity contribution in [1.29, 1.82) is 0 Å². The van der Waals surface area contributed by atoms with Crippen LogP contribution in [-0.2, 0) is 9.59 Å². The molecule has 0 saturated carbocycles. The number of aryl methyl sites for hydroxylation is 2. The fraction of sp³-hybridized carbons (Fsp3) is 0.500. The number of benzene rings is 1. The largest absolute Gasteiger partial charge is 0.483 e. The van der Waals surface area contributed by atoms with E-state index in [1.165, 1.54) is 0 Å². The van der Waals surface area contributed by atoms with E-state index in [1.54, 1.807) is 16.7 Å². The molecule has 1 aromatic carbocycles. The molecule has 0 aliphatic carbocycles. The second kappa shape index (κ2) is 6.61. The monoisotopic (exact) mass is 290 g/mol.